The molecule has 1 saturated heterocycles. The Morgan fingerprint density at radius 3 is 2.38 bits per heavy atom. The van der Waals surface area contributed by atoms with E-state index in [1.165, 1.54) is 6.07 Å². The van der Waals surface area contributed by atoms with Crippen molar-refractivity contribution in [2.45, 2.75) is 32.9 Å². The first-order valence-corrected chi connectivity index (χ1v) is 7.55. The Hall–Kier alpha value is -1.17. The molecule has 0 unspecified atom stereocenters. The zero-order valence-electron chi connectivity index (χ0n) is 12.8. The molecule has 0 atom stereocenters. The van der Waals surface area contributed by atoms with Gasteiger partial charge in [-0.3, -0.25) is 19.9 Å². The predicted octanol–water partition coefficient (Wildman–Crippen LogP) is 3.16. The maximum Gasteiger partial charge on any atom is 0.269 e. The van der Waals surface area contributed by atoms with E-state index in [2.05, 4.69) is 30.6 Å². The fourth-order valence-corrected chi connectivity index (χ4v) is 2.79. The van der Waals surface area contributed by atoms with E-state index in [4.69, 9.17) is 11.6 Å². The summed E-state index contributed by atoms with van der Waals surface area (Å²) < 4.78 is 0. The molecule has 0 aliphatic carbocycles. The van der Waals surface area contributed by atoms with Crippen LogP contribution in [0.1, 0.15) is 26.3 Å². The summed E-state index contributed by atoms with van der Waals surface area (Å²) >= 11 is 6.16. The largest absolute Gasteiger partial charge is 0.296 e. The maximum absolute atomic E-state index is 10.9. The first-order valence-electron chi connectivity index (χ1n) is 7.17. The van der Waals surface area contributed by atoms with Gasteiger partial charge in [0, 0.05) is 55.4 Å². The minimum Gasteiger partial charge on any atom is -0.296 e. The topological polar surface area (TPSA) is 49.6 Å². The molecule has 0 saturated carbocycles. The van der Waals surface area contributed by atoms with Crippen molar-refractivity contribution in [3.63, 3.8) is 0 Å². The van der Waals surface area contributed by atoms with Crippen molar-refractivity contribution in [3.05, 3.63) is 38.9 Å². The number of non-ortho nitro benzene ring substituents is 1. The summed E-state index contributed by atoms with van der Waals surface area (Å²) in [4.78, 5) is 15.2. The van der Waals surface area contributed by atoms with E-state index in [9.17, 15) is 10.1 Å². The molecule has 1 aliphatic rings. The molecular formula is C15H22ClN3O2. The van der Waals surface area contributed by atoms with E-state index in [-0.39, 0.29) is 16.1 Å². The van der Waals surface area contributed by atoms with Gasteiger partial charge in [-0.15, -0.1) is 0 Å². The first-order chi connectivity index (χ1) is 9.77. The van der Waals surface area contributed by atoms with Crippen LogP contribution in [0.4, 0.5) is 5.69 Å². The van der Waals surface area contributed by atoms with Gasteiger partial charge in [0.05, 0.1) is 4.92 Å². The van der Waals surface area contributed by atoms with Gasteiger partial charge >= 0.3 is 0 Å². The summed E-state index contributed by atoms with van der Waals surface area (Å²) in [6.07, 6.45) is 0. The number of hydrogen-bond donors (Lipinski definition) is 0. The van der Waals surface area contributed by atoms with Crippen LogP contribution in [0.15, 0.2) is 18.2 Å². The number of halogens is 1. The number of nitro benzene ring substituents is 1. The molecule has 21 heavy (non-hydrogen) atoms. The van der Waals surface area contributed by atoms with E-state index >= 15 is 0 Å². The Morgan fingerprint density at radius 2 is 1.86 bits per heavy atom. The normalized spacial score (nSPS) is 17.9. The highest BCUT2D eigenvalue weighted by Crippen LogP contribution is 2.24. The Kier molecular flexibility index (Phi) is 4.86. The molecule has 1 aromatic rings. The fraction of sp³-hybridized carbons (Fsp3) is 0.600. The number of benzene rings is 1. The van der Waals surface area contributed by atoms with Crippen LogP contribution in [0.25, 0.3) is 0 Å². The molecule has 0 bridgehead atoms. The minimum absolute atomic E-state index is 0.0997. The molecule has 116 valence electrons. The SMILES string of the molecule is CC(C)(C)N1CCN(Cc2cc([N+](=O)[O-])ccc2Cl)CC1. The zero-order chi connectivity index (χ0) is 15.6. The van der Waals surface area contributed by atoms with Crippen LogP contribution in [0.3, 0.4) is 0 Å². The van der Waals surface area contributed by atoms with Crippen molar-refractivity contribution in [1.82, 2.24) is 9.80 Å². The summed E-state index contributed by atoms with van der Waals surface area (Å²) in [7, 11) is 0. The quantitative estimate of drug-likeness (QED) is 0.635. The monoisotopic (exact) mass is 311 g/mol. The zero-order valence-corrected chi connectivity index (χ0v) is 13.6. The number of hydrogen-bond acceptors (Lipinski definition) is 4. The van der Waals surface area contributed by atoms with Gasteiger partial charge in [-0.25, -0.2) is 0 Å². The molecule has 0 aromatic heterocycles. The van der Waals surface area contributed by atoms with E-state index in [0.717, 1.165) is 31.7 Å². The van der Waals surface area contributed by atoms with E-state index in [1.807, 2.05) is 0 Å². The van der Waals surface area contributed by atoms with Crippen LogP contribution in [0.5, 0.6) is 0 Å². The average molecular weight is 312 g/mol. The molecule has 0 radical (unpaired) electrons. The molecule has 1 fully saturated rings. The van der Waals surface area contributed by atoms with Crippen molar-refractivity contribution in [3.8, 4) is 0 Å². The third kappa shape index (κ3) is 4.15. The van der Waals surface area contributed by atoms with E-state index in [1.54, 1.807) is 12.1 Å². The second-order valence-electron chi connectivity index (χ2n) is 6.47. The molecular weight excluding hydrogens is 290 g/mol. The minimum atomic E-state index is -0.378. The van der Waals surface area contributed by atoms with Crippen molar-refractivity contribution in [1.29, 1.82) is 0 Å². The summed E-state index contributed by atoms with van der Waals surface area (Å²) in [5, 5.41) is 11.4. The molecule has 0 amide bonds. The van der Waals surface area contributed by atoms with Gasteiger partial charge in [0.2, 0.25) is 0 Å². The lowest BCUT2D eigenvalue weighted by Gasteiger charge is -2.42. The highest BCUT2D eigenvalue weighted by Gasteiger charge is 2.26. The van der Waals surface area contributed by atoms with Crippen LogP contribution in [-0.4, -0.2) is 46.4 Å². The fourth-order valence-electron chi connectivity index (χ4n) is 2.61. The standard InChI is InChI=1S/C15H22ClN3O2/c1-15(2,3)18-8-6-17(7-9-18)11-12-10-13(19(20)21)4-5-14(12)16/h4-5,10H,6-9,11H2,1-3H3. The summed E-state index contributed by atoms with van der Waals surface area (Å²) in [5.41, 5.74) is 1.12. The summed E-state index contributed by atoms with van der Waals surface area (Å²) in [6, 6.07) is 4.64. The lowest BCUT2D eigenvalue weighted by Crippen LogP contribution is -2.53. The molecule has 1 heterocycles. The van der Waals surface area contributed by atoms with Crippen LogP contribution in [0, 0.1) is 10.1 Å². The molecule has 2 rings (SSSR count). The van der Waals surface area contributed by atoms with Gasteiger partial charge in [-0.2, -0.15) is 0 Å². The maximum atomic E-state index is 10.9. The van der Waals surface area contributed by atoms with Crippen molar-refractivity contribution < 1.29 is 4.92 Å². The Balaban J connectivity index is 2.01. The number of nitrogens with zero attached hydrogens (tertiary/aromatic N) is 3. The highest BCUT2D eigenvalue weighted by molar-refractivity contribution is 6.31. The van der Waals surface area contributed by atoms with Crippen LogP contribution in [-0.2, 0) is 6.54 Å². The number of nitro groups is 1. The summed E-state index contributed by atoms with van der Waals surface area (Å²) in [5.74, 6) is 0. The lowest BCUT2D eigenvalue weighted by molar-refractivity contribution is -0.384. The third-order valence-corrected chi connectivity index (χ3v) is 4.32. The third-order valence-electron chi connectivity index (χ3n) is 3.96. The van der Waals surface area contributed by atoms with Gasteiger partial charge in [0.1, 0.15) is 0 Å². The van der Waals surface area contributed by atoms with Crippen LogP contribution < -0.4 is 0 Å². The molecule has 0 N–H and O–H groups in total. The smallest absolute Gasteiger partial charge is 0.269 e. The highest BCUT2D eigenvalue weighted by atomic mass is 35.5. The number of rotatable bonds is 3. The summed E-state index contributed by atoms with van der Waals surface area (Å²) in [6.45, 7) is 11.3. The first kappa shape index (κ1) is 16.2. The molecule has 1 aliphatic heterocycles. The van der Waals surface area contributed by atoms with Gasteiger partial charge in [-0.05, 0) is 32.4 Å². The molecule has 6 heteroatoms. The average Bonchev–Trinajstić information content (AvgIpc) is 2.40. The Morgan fingerprint density at radius 1 is 1.24 bits per heavy atom. The second kappa shape index (κ2) is 6.30. The lowest BCUT2D eigenvalue weighted by atomic mass is 10.0. The van der Waals surface area contributed by atoms with Crippen molar-refractivity contribution >= 4 is 17.3 Å². The van der Waals surface area contributed by atoms with Gasteiger partial charge < -0.3 is 0 Å². The van der Waals surface area contributed by atoms with Crippen molar-refractivity contribution in [2.75, 3.05) is 26.2 Å². The molecule has 0 spiro atoms. The number of piperazine rings is 1. The second-order valence-corrected chi connectivity index (χ2v) is 6.87. The predicted molar refractivity (Wildman–Crippen MR) is 84.7 cm³/mol. The van der Waals surface area contributed by atoms with Crippen LogP contribution >= 0.6 is 11.6 Å². The molecule has 1 aromatic carbocycles. The Bertz CT molecular complexity index is 520. The van der Waals surface area contributed by atoms with E-state index < -0.39 is 0 Å². The Labute approximate surface area is 130 Å². The van der Waals surface area contributed by atoms with Crippen LogP contribution in [0.2, 0.25) is 5.02 Å². The van der Waals surface area contributed by atoms with Crippen molar-refractivity contribution in [2.24, 2.45) is 0 Å². The van der Waals surface area contributed by atoms with E-state index in [0.29, 0.717) is 11.6 Å². The molecule has 5 nitrogen and oxygen atoms in total. The van der Waals surface area contributed by atoms with Gasteiger partial charge in [-0.1, -0.05) is 11.6 Å². The van der Waals surface area contributed by atoms with Gasteiger partial charge in [0.25, 0.3) is 5.69 Å². The van der Waals surface area contributed by atoms with Gasteiger partial charge in [0.15, 0.2) is 0 Å².